The van der Waals surface area contributed by atoms with Crippen LogP contribution in [-0.4, -0.2) is 12.6 Å². The lowest BCUT2D eigenvalue weighted by Crippen LogP contribution is -2.20. The lowest BCUT2D eigenvalue weighted by atomic mass is 9.90. The molecule has 1 fully saturated rings. The summed E-state index contributed by atoms with van der Waals surface area (Å²) in [5.74, 6) is 1.62. The van der Waals surface area contributed by atoms with Gasteiger partial charge in [-0.25, -0.2) is 0 Å². The molecule has 1 aliphatic rings. The third-order valence-corrected chi connectivity index (χ3v) is 4.16. The Bertz CT molecular complexity index is 400. The molecule has 2 N–H and O–H groups in total. The highest BCUT2D eigenvalue weighted by Crippen LogP contribution is 2.30. The van der Waals surface area contributed by atoms with Crippen LogP contribution in [0.5, 0.6) is 5.75 Å². The first-order chi connectivity index (χ1) is 9.16. The van der Waals surface area contributed by atoms with Gasteiger partial charge >= 0.3 is 0 Å². The first kappa shape index (κ1) is 14.7. The summed E-state index contributed by atoms with van der Waals surface area (Å²) in [6, 6.07) is 5.96. The monoisotopic (exact) mass is 281 g/mol. The minimum atomic E-state index is 0.0944. The topological polar surface area (TPSA) is 35.2 Å². The summed E-state index contributed by atoms with van der Waals surface area (Å²) in [4.78, 5) is 0. The summed E-state index contributed by atoms with van der Waals surface area (Å²) in [6.07, 6.45) is 7.42. The van der Waals surface area contributed by atoms with Crippen LogP contribution >= 0.6 is 11.6 Å². The molecule has 1 aliphatic carbocycles. The number of nitrogens with two attached hydrogens (primary N) is 1. The minimum Gasteiger partial charge on any atom is -0.493 e. The van der Waals surface area contributed by atoms with Gasteiger partial charge in [-0.15, -0.1) is 0 Å². The Morgan fingerprint density at radius 2 is 2.05 bits per heavy atom. The van der Waals surface area contributed by atoms with E-state index in [2.05, 4.69) is 0 Å². The van der Waals surface area contributed by atoms with E-state index in [-0.39, 0.29) is 6.04 Å². The Morgan fingerprint density at radius 3 is 2.74 bits per heavy atom. The third-order valence-electron chi connectivity index (χ3n) is 3.80. The summed E-state index contributed by atoms with van der Waals surface area (Å²) in [5.41, 5.74) is 6.94. The molecule has 106 valence electrons. The average Bonchev–Trinajstić information content (AvgIpc) is 2.40. The number of rotatable bonds is 5. The van der Waals surface area contributed by atoms with E-state index in [1.165, 1.54) is 32.1 Å². The summed E-state index contributed by atoms with van der Waals surface area (Å²) < 4.78 is 6.02. The molecule has 1 aromatic carbocycles. The third kappa shape index (κ3) is 4.39. The van der Waals surface area contributed by atoms with E-state index >= 15 is 0 Å². The summed E-state index contributed by atoms with van der Waals surface area (Å²) in [5, 5.41) is 0.762. The van der Waals surface area contributed by atoms with E-state index in [0.717, 1.165) is 29.4 Å². The van der Waals surface area contributed by atoms with Crippen molar-refractivity contribution in [1.82, 2.24) is 0 Å². The van der Waals surface area contributed by atoms with E-state index in [1.54, 1.807) is 0 Å². The minimum absolute atomic E-state index is 0.0944. The van der Waals surface area contributed by atoms with Gasteiger partial charge < -0.3 is 10.5 Å². The van der Waals surface area contributed by atoms with E-state index in [4.69, 9.17) is 22.1 Å². The fourth-order valence-electron chi connectivity index (χ4n) is 2.76. The van der Waals surface area contributed by atoms with E-state index in [1.807, 2.05) is 25.1 Å². The van der Waals surface area contributed by atoms with Gasteiger partial charge in [-0.2, -0.15) is 0 Å². The highest BCUT2D eigenvalue weighted by atomic mass is 35.5. The van der Waals surface area contributed by atoms with Gasteiger partial charge in [0.25, 0.3) is 0 Å². The van der Waals surface area contributed by atoms with Crippen LogP contribution in [0.2, 0.25) is 5.02 Å². The second-order valence-electron chi connectivity index (χ2n) is 5.71. The lowest BCUT2D eigenvalue weighted by molar-refractivity contribution is 0.207. The Labute approximate surface area is 121 Å². The van der Waals surface area contributed by atoms with Crippen LogP contribution in [0.4, 0.5) is 0 Å². The summed E-state index contributed by atoms with van der Waals surface area (Å²) in [7, 11) is 0. The maximum absolute atomic E-state index is 6.26. The highest BCUT2D eigenvalue weighted by molar-refractivity contribution is 6.31. The van der Waals surface area contributed by atoms with Crippen molar-refractivity contribution in [1.29, 1.82) is 0 Å². The predicted octanol–water partition coefficient (Wildman–Crippen LogP) is 4.19. The fourth-order valence-corrected chi connectivity index (χ4v) is 3.00. The van der Waals surface area contributed by atoms with Crippen molar-refractivity contribution >= 4 is 11.6 Å². The van der Waals surface area contributed by atoms with Crippen LogP contribution in [-0.2, 0) is 6.42 Å². The maximum Gasteiger partial charge on any atom is 0.124 e. The van der Waals surface area contributed by atoms with Gasteiger partial charge in [0, 0.05) is 16.6 Å². The molecule has 3 heteroatoms. The van der Waals surface area contributed by atoms with Gasteiger partial charge in [0.2, 0.25) is 0 Å². The Balaban J connectivity index is 2.00. The van der Waals surface area contributed by atoms with Crippen molar-refractivity contribution in [2.45, 2.75) is 51.5 Å². The molecule has 1 atom stereocenters. The van der Waals surface area contributed by atoms with Crippen LogP contribution in [0.3, 0.4) is 0 Å². The average molecular weight is 282 g/mol. The zero-order valence-corrected chi connectivity index (χ0v) is 12.5. The smallest absolute Gasteiger partial charge is 0.124 e. The van der Waals surface area contributed by atoms with Crippen LogP contribution in [0.1, 0.15) is 44.6 Å². The quantitative estimate of drug-likeness (QED) is 0.878. The lowest BCUT2D eigenvalue weighted by Gasteiger charge is -2.23. The molecule has 0 aromatic heterocycles. The van der Waals surface area contributed by atoms with Crippen molar-refractivity contribution in [3.05, 3.63) is 28.8 Å². The molecule has 0 spiro atoms. The van der Waals surface area contributed by atoms with Crippen LogP contribution in [0, 0.1) is 5.92 Å². The zero-order valence-electron chi connectivity index (χ0n) is 11.7. The van der Waals surface area contributed by atoms with Crippen molar-refractivity contribution in [3.8, 4) is 5.75 Å². The molecule has 0 aliphatic heterocycles. The van der Waals surface area contributed by atoms with Crippen molar-refractivity contribution in [2.75, 3.05) is 6.61 Å². The van der Waals surface area contributed by atoms with E-state index in [0.29, 0.717) is 5.92 Å². The van der Waals surface area contributed by atoms with Crippen molar-refractivity contribution < 1.29 is 4.74 Å². The Morgan fingerprint density at radius 1 is 1.32 bits per heavy atom. The molecule has 0 bridgehead atoms. The van der Waals surface area contributed by atoms with Gasteiger partial charge in [0.1, 0.15) is 5.75 Å². The SMILES string of the molecule is CC(N)Cc1c(Cl)cccc1OCC1CCCCC1. The van der Waals surface area contributed by atoms with Gasteiger partial charge in [0.05, 0.1) is 6.61 Å². The molecule has 0 saturated heterocycles. The second-order valence-corrected chi connectivity index (χ2v) is 6.12. The first-order valence-corrected chi connectivity index (χ1v) is 7.70. The Hall–Kier alpha value is -0.730. The molecule has 0 amide bonds. The standard InChI is InChI=1S/C16H24ClNO/c1-12(18)10-14-15(17)8-5-9-16(14)19-11-13-6-3-2-4-7-13/h5,8-9,12-13H,2-4,6-7,10-11,18H2,1H3. The van der Waals surface area contributed by atoms with Gasteiger partial charge in [0.15, 0.2) is 0 Å². The number of halogens is 1. The molecule has 1 unspecified atom stereocenters. The van der Waals surface area contributed by atoms with Crippen molar-refractivity contribution in [3.63, 3.8) is 0 Å². The number of hydrogen-bond acceptors (Lipinski definition) is 2. The number of benzene rings is 1. The van der Waals surface area contributed by atoms with Crippen LogP contribution < -0.4 is 10.5 Å². The number of ether oxygens (including phenoxy) is 1. The number of hydrogen-bond donors (Lipinski definition) is 1. The molecule has 1 aromatic rings. The fraction of sp³-hybridized carbons (Fsp3) is 0.625. The normalized spacial score (nSPS) is 18.3. The van der Waals surface area contributed by atoms with E-state index in [9.17, 15) is 0 Å². The van der Waals surface area contributed by atoms with Crippen LogP contribution in [0.15, 0.2) is 18.2 Å². The van der Waals surface area contributed by atoms with E-state index < -0.39 is 0 Å². The molecule has 1 saturated carbocycles. The molecular weight excluding hydrogens is 258 g/mol. The zero-order chi connectivity index (χ0) is 13.7. The molecule has 0 radical (unpaired) electrons. The van der Waals surface area contributed by atoms with Gasteiger partial charge in [-0.05, 0) is 44.2 Å². The first-order valence-electron chi connectivity index (χ1n) is 7.32. The molecular formula is C16H24ClNO. The molecule has 0 heterocycles. The predicted molar refractivity (Wildman–Crippen MR) is 80.9 cm³/mol. The second kappa shape index (κ2) is 7.16. The largest absolute Gasteiger partial charge is 0.493 e. The van der Waals surface area contributed by atoms with Gasteiger partial charge in [-0.3, -0.25) is 0 Å². The summed E-state index contributed by atoms with van der Waals surface area (Å²) >= 11 is 6.26. The maximum atomic E-state index is 6.26. The van der Waals surface area contributed by atoms with Crippen molar-refractivity contribution in [2.24, 2.45) is 11.7 Å². The molecule has 2 rings (SSSR count). The highest BCUT2D eigenvalue weighted by Gasteiger charge is 2.16. The summed E-state index contributed by atoms with van der Waals surface area (Å²) in [6.45, 7) is 2.81. The van der Waals surface area contributed by atoms with Crippen LogP contribution in [0.25, 0.3) is 0 Å². The molecule has 2 nitrogen and oxygen atoms in total. The molecule has 19 heavy (non-hydrogen) atoms. The Kier molecular flexibility index (Phi) is 5.53. The van der Waals surface area contributed by atoms with Gasteiger partial charge in [-0.1, -0.05) is 36.9 Å².